The van der Waals surface area contributed by atoms with Crippen molar-refractivity contribution >= 4 is 16.9 Å². The van der Waals surface area contributed by atoms with E-state index >= 15 is 0 Å². The molecule has 0 spiro atoms. The van der Waals surface area contributed by atoms with Crippen molar-refractivity contribution < 1.29 is 0 Å². The van der Waals surface area contributed by atoms with Gasteiger partial charge in [0.25, 0.3) is 0 Å². The van der Waals surface area contributed by atoms with E-state index in [2.05, 4.69) is 26.1 Å². The predicted molar refractivity (Wildman–Crippen MR) is 73.1 cm³/mol. The molecule has 1 N–H and O–H groups in total. The van der Waals surface area contributed by atoms with Crippen LogP contribution in [0.4, 0.5) is 0 Å². The Balaban J connectivity index is 1.92. The van der Waals surface area contributed by atoms with Gasteiger partial charge >= 0.3 is 0 Å². The van der Waals surface area contributed by atoms with E-state index in [1.165, 1.54) is 37.3 Å². The number of hydrogen-bond acceptors (Lipinski definition) is 3. The van der Waals surface area contributed by atoms with Gasteiger partial charge in [-0.15, -0.1) is 0 Å². The molecule has 1 saturated carbocycles. The maximum atomic E-state index is 4.80. The molecular weight excluding hydrogens is 216 g/mol. The first kappa shape index (κ1) is 12.3. The molecule has 1 atom stereocenters. The van der Waals surface area contributed by atoms with Gasteiger partial charge in [-0.1, -0.05) is 44.9 Å². The SMILES string of the molecule is CC(C)[C@H]1CSC(NC2(C)CCCCC2)=N1. The quantitative estimate of drug-likeness (QED) is 0.799. The Hall–Kier alpha value is -0.180. The fraction of sp³-hybridized carbons (Fsp3) is 0.923. The molecule has 16 heavy (non-hydrogen) atoms. The van der Waals surface area contributed by atoms with Crippen molar-refractivity contribution in [3.8, 4) is 0 Å². The molecule has 0 aromatic carbocycles. The Labute approximate surface area is 104 Å². The summed E-state index contributed by atoms with van der Waals surface area (Å²) in [6.45, 7) is 6.89. The lowest BCUT2D eigenvalue weighted by Gasteiger charge is -2.35. The van der Waals surface area contributed by atoms with Gasteiger partial charge in [-0.25, -0.2) is 0 Å². The molecule has 2 aliphatic rings. The minimum Gasteiger partial charge on any atom is -0.360 e. The number of nitrogens with zero attached hydrogens (tertiary/aromatic N) is 1. The summed E-state index contributed by atoms with van der Waals surface area (Å²) in [5.74, 6) is 1.83. The van der Waals surface area contributed by atoms with E-state index in [9.17, 15) is 0 Å². The maximum Gasteiger partial charge on any atom is 0.157 e. The second-order valence-electron chi connectivity index (χ2n) is 5.80. The topological polar surface area (TPSA) is 24.4 Å². The lowest BCUT2D eigenvalue weighted by atomic mass is 9.83. The highest BCUT2D eigenvalue weighted by Gasteiger charge is 2.30. The molecule has 0 saturated heterocycles. The molecule has 2 rings (SSSR count). The monoisotopic (exact) mass is 240 g/mol. The highest BCUT2D eigenvalue weighted by molar-refractivity contribution is 8.14. The van der Waals surface area contributed by atoms with Crippen LogP contribution in [0.1, 0.15) is 52.9 Å². The minimum atomic E-state index is 0.315. The molecule has 0 amide bonds. The molecule has 0 radical (unpaired) electrons. The van der Waals surface area contributed by atoms with Crippen molar-refractivity contribution in [2.24, 2.45) is 10.9 Å². The second kappa shape index (κ2) is 4.99. The first-order valence-electron chi connectivity index (χ1n) is 6.58. The van der Waals surface area contributed by atoms with Crippen LogP contribution >= 0.6 is 11.8 Å². The lowest BCUT2D eigenvalue weighted by molar-refractivity contribution is 0.292. The van der Waals surface area contributed by atoms with Gasteiger partial charge in [-0.05, 0) is 25.7 Å². The summed E-state index contributed by atoms with van der Waals surface area (Å²) >= 11 is 1.91. The van der Waals surface area contributed by atoms with Gasteiger partial charge in [0, 0.05) is 11.3 Å². The third kappa shape index (κ3) is 2.93. The first-order valence-corrected chi connectivity index (χ1v) is 7.56. The van der Waals surface area contributed by atoms with Crippen LogP contribution in [0.3, 0.4) is 0 Å². The van der Waals surface area contributed by atoms with Crippen LogP contribution in [0.15, 0.2) is 4.99 Å². The Bertz CT molecular complexity index is 267. The highest BCUT2D eigenvalue weighted by Crippen LogP contribution is 2.30. The average Bonchev–Trinajstić information content (AvgIpc) is 2.66. The smallest absolute Gasteiger partial charge is 0.157 e. The van der Waals surface area contributed by atoms with Crippen LogP contribution < -0.4 is 5.32 Å². The van der Waals surface area contributed by atoms with E-state index < -0.39 is 0 Å². The Morgan fingerprint density at radius 1 is 1.31 bits per heavy atom. The van der Waals surface area contributed by atoms with E-state index in [1.54, 1.807) is 0 Å². The van der Waals surface area contributed by atoms with Crippen molar-refractivity contribution in [3.05, 3.63) is 0 Å². The molecule has 0 unspecified atom stereocenters. The molecular formula is C13H24N2S. The predicted octanol–water partition coefficient (Wildman–Crippen LogP) is 3.43. The average molecular weight is 240 g/mol. The summed E-state index contributed by atoms with van der Waals surface area (Å²) in [5, 5.41) is 4.89. The van der Waals surface area contributed by atoms with Crippen LogP contribution in [-0.4, -0.2) is 22.5 Å². The molecule has 3 heteroatoms. The molecule has 0 aromatic rings. The van der Waals surface area contributed by atoms with Gasteiger partial charge in [0.2, 0.25) is 0 Å². The molecule has 0 bridgehead atoms. The van der Waals surface area contributed by atoms with E-state index in [0.717, 1.165) is 5.75 Å². The summed E-state index contributed by atoms with van der Waals surface area (Å²) in [6.07, 6.45) is 6.76. The van der Waals surface area contributed by atoms with E-state index in [4.69, 9.17) is 4.99 Å². The fourth-order valence-corrected chi connectivity index (χ4v) is 3.83. The third-order valence-corrected chi connectivity index (χ3v) is 4.80. The van der Waals surface area contributed by atoms with Crippen molar-refractivity contribution in [1.82, 2.24) is 5.32 Å². The number of rotatable bonds is 2. The Morgan fingerprint density at radius 2 is 2.00 bits per heavy atom. The Kier molecular flexibility index (Phi) is 3.83. The van der Waals surface area contributed by atoms with Crippen LogP contribution in [0, 0.1) is 5.92 Å². The summed E-state index contributed by atoms with van der Waals surface area (Å²) in [4.78, 5) is 4.80. The number of hydrogen-bond donors (Lipinski definition) is 1. The third-order valence-electron chi connectivity index (χ3n) is 3.81. The fourth-order valence-electron chi connectivity index (χ4n) is 2.51. The van der Waals surface area contributed by atoms with Gasteiger partial charge < -0.3 is 5.32 Å². The van der Waals surface area contributed by atoms with Gasteiger partial charge in [0.05, 0.1) is 6.04 Å². The van der Waals surface area contributed by atoms with Gasteiger partial charge in [0.15, 0.2) is 5.17 Å². The normalized spacial score (nSPS) is 29.2. The highest BCUT2D eigenvalue weighted by atomic mass is 32.2. The summed E-state index contributed by atoms with van der Waals surface area (Å²) in [5.41, 5.74) is 0.315. The Morgan fingerprint density at radius 3 is 2.56 bits per heavy atom. The van der Waals surface area contributed by atoms with E-state index in [0.29, 0.717) is 17.5 Å². The minimum absolute atomic E-state index is 0.315. The summed E-state index contributed by atoms with van der Waals surface area (Å²) in [7, 11) is 0. The van der Waals surface area contributed by atoms with Crippen molar-refractivity contribution in [2.75, 3.05) is 5.75 Å². The van der Waals surface area contributed by atoms with Crippen molar-refractivity contribution in [3.63, 3.8) is 0 Å². The largest absolute Gasteiger partial charge is 0.360 e. The zero-order valence-electron chi connectivity index (χ0n) is 10.8. The number of amidine groups is 1. The van der Waals surface area contributed by atoms with E-state index in [1.807, 2.05) is 11.8 Å². The summed E-state index contributed by atoms with van der Waals surface area (Å²) < 4.78 is 0. The zero-order valence-corrected chi connectivity index (χ0v) is 11.6. The lowest BCUT2D eigenvalue weighted by Crippen LogP contribution is -2.45. The molecule has 1 heterocycles. The molecule has 1 aliphatic heterocycles. The van der Waals surface area contributed by atoms with Crippen molar-refractivity contribution in [2.45, 2.75) is 64.5 Å². The van der Waals surface area contributed by atoms with Crippen LogP contribution in [-0.2, 0) is 0 Å². The van der Waals surface area contributed by atoms with Gasteiger partial charge in [-0.3, -0.25) is 4.99 Å². The van der Waals surface area contributed by atoms with Crippen LogP contribution in [0.2, 0.25) is 0 Å². The summed E-state index contributed by atoms with van der Waals surface area (Å²) in [6, 6.07) is 0.527. The zero-order chi connectivity index (χ0) is 11.6. The number of thioether (sulfide) groups is 1. The second-order valence-corrected chi connectivity index (χ2v) is 6.81. The molecule has 1 fully saturated rings. The number of aliphatic imine (C=N–C) groups is 1. The standard InChI is InChI=1S/C13H24N2S/c1-10(2)11-9-16-12(14-11)15-13(3)7-5-4-6-8-13/h10-11H,4-9H2,1-3H3,(H,14,15)/t11-/m1/s1. The molecule has 92 valence electrons. The number of nitrogens with one attached hydrogen (secondary N) is 1. The first-order chi connectivity index (χ1) is 7.59. The maximum absolute atomic E-state index is 4.80. The molecule has 1 aliphatic carbocycles. The molecule has 0 aromatic heterocycles. The molecule has 2 nitrogen and oxygen atoms in total. The van der Waals surface area contributed by atoms with Crippen LogP contribution in [0.5, 0.6) is 0 Å². The van der Waals surface area contributed by atoms with Gasteiger partial charge in [0.1, 0.15) is 0 Å². The van der Waals surface area contributed by atoms with Crippen molar-refractivity contribution in [1.29, 1.82) is 0 Å². The van der Waals surface area contributed by atoms with E-state index in [-0.39, 0.29) is 0 Å². The van der Waals surface area contributed by atoms with Crippen LogP contribution in [0.25, 0.3) is 0 Å². The van der Waals surface area contributed by atoms with Gasteiger partial charge in [-0.2, -0.15) is 0 Å².